The van der Waals surface area contributed by atoms with Gasteiger partial charge in [0.05, 0.1) is 19.1 Å². The summed E-state index contributed by atoms with van der Waals surface area (Å²) in [6.45, 7) is 1.88. The van der Waals surface area contributed by atoms with E-state index >= 15 is 0 Å². The summed E-state index contributed by atoms with van der Waals surface area (Å²) in [7, 11) is 1.25. The highest BCUT2D eigenvalue weighted by Crippen LogP contribution is 2.35. The number of halogens is 2. The molecule has 0 saturated heterocycles. The van der Waals surface area contributed by atoms with Crippen LogP contribution in [-0.2, 0) is 16.0 Å². The minimum Gasteiger partial charge on any atom is -0.467 e. The SMILES string of the molecule is COC(=O)[C@@H](C)NC(=O)N1CCc2[nH]cnc2[C@H]1c1cc(Br)ccc1F. The molecule has 26 heavy (non-hydrogen) atoms. The lowest BCUT2D eigenvalue weighted by Gasteiger charge is -2.36. The van der Waals surface area contributed by atoms with Gasteiger partial charge in [0.2, 0.25) is 0 Å². The quantitative estimate of drug-likeness (QED) is 0.741. The largest absolute Gasteiger partial charge is 0.467 e. The Bertz CT molecular complexity index is 841. The van der Waals surface area contributed by atoms with Crippen molar-refractivity contribution in [3.8, 4) is 0 Å². The van der Waals surface area contributed by atoms with Crippen molar-refractivity contribution in [1.29, 1.82) is 0 Å². The maximum absolute atomic E-state index is 14.5. The molecule has 1 aliphatic rings. The Morgan fingerprint density at radius 2 is 2.27 bits per heavy atom. The van der Waals surface area contributed by atoms with E-state index in [2.05, 4.69) is 36.0 Å². The van der Waals surface area contributed by atoms with Gasteiger partial charge in [0.1, 0.15) is 17.9 Å². The molecule has 1 aliphatic heterocycles. The van der Waals surface area contributed by atoms with Gasteiger partial charge in [-0.1, -0.05) is 15.9 Å². The summed E-state index contributed by atoms with van der Waals surface area (Å²) in [6, 6.07) is 2.56. The van der Waals surface area contributed by atoms with Crippen molar-refractivity contribution in [2.45, 2.75) is 25.4 Å². The Labute approximate surface area is 158 Å². The molecule has 2 aromatic rings. The molecule has 9 heteroatoms. The van der Waals surface area contributed by atoms with Gasteiger partial charge in [-0.05, 0) is 25.1 Å². The third-order valence-electron chi connectivity index (χ3n) is 4.33. The number of hydrogen-bond donors (Lipinski definition) is 2. The number of fused-ring (bicyclic) bond motifs is 1. The second kappa shape index (κ2) is 7.45. The normalized spacial score (nSPS) is 17.4. The average molecular weight is 425 g/mol. The molecule has 138 valence electrons. The number of amides is 2. The number of esters is 1. The van der Waals surface area contributed by atoms with Crippen LogP contribution < -0.4 is 5.32 Å². The van der Waals surface area contributed by atoms with Crippen LogP contribution in [0.1, 0.15) is 29.9 Å². The zero-order valence-corrected chi connectivity index (χ0v) is 15.8. The second-order valence-corrected chi connectivity index (χ2v) is 6.89. The van der Waals surface area contributed by atoms with Gasteiger partial charge >= 0.3 is 12.0 Å². The van der Waals surface area contributed by atoms with Crippen molar-refractivity contribution in [1.82, 2.24) is 20.2 Å². The van der Waals surface area contributed by atoms with E-state index in [1.54, 1.807) is 12.1 Å². The predicted molar refractivity (Wildman–Crippen MR) is 95.0 cm³/mol. The van der Waals surface area contributed by atoms with Gasteiger partial charge in [-0.25, -0.2) is 19.0 Å². The fourth-order valence-electron chi connectivity index (χ4n) is 3.04. The average Bonchev–Trinajstić information content (AvgIpc) is 3.10. The third-order valence-corrected chi connectivity index (χ3v) is 4.83. The topological polar surface area (TPSA) is 87.3 Å². The van der Waals surface area contributed by atoms with E-state index in [4.69, 9.17) is 0 Å². The molecule has 1 aromatic carbocycles. The molecule has 0 aliphatic carbocycles. The molecule has 0 spiro atoms. The van der Waals surface area contributed by atoms with Gasteiger partial charge in [-0.3, -0.25) is 0 Å². The molecule has 3 rings (SSSR count). The highest BCUT2D eigenvalue weighted by molar-refractivity contribution is 9.10. The molecule has 1 aromatic heterocycles. The molecular weight excluding hydrogens is 407 g/mol. The summed E-state index contributed by atoms with van der Waals surface area (Å²) in [6.07, 6.45) is 2.09. The fourth-order valence-corrected chi connectivity index (χ4v) is 3.42. The number of H-pyrrole nitrogens is 1. The van der Waals surface area contributed by atoms with Crippen LogP contribution >= 0.6 is 15.9 Å². The summed E-state index contributed by atoms with van der Waals surface area (Å²) < 4.78 is 19.9. The van der Waals surface area contributed by atoms with Gasteiger partial charge in [0.25, 0.3) is 0 Å². The van der Waals surface area contributed by atoms with Gasteiger partial charge in [0.15, 0.2) is 0 Å². The van der Waals surface area contributed by atoms with Crippen molar-refractivity contribution in [3.63, 3.8) is 0 Å². The Morgan fingerprint density at radius 1 is 1.50 bits per heavy atom. The number of carbonyl (C=O) groups is 2. The van der Waals surface area contributed by atoms with Crippen LogP contribution in [0.3, 0.4) is 0 Å². The monoisotopic (exact) mass is 424 g/mol. The lowest BCUT2D eigenvalue weighted by molar-refractivity contribution is -0.142. The maximum atomic E-state index is 14.5. The minimum absolute atomic E-state index is 0.327. The number of aromatic amines is 1. The standard InChI is InChI=1S/C17H18BrFN4O3/c1-9(16(24)26-2)22-17(25)23-6-5-13-14(21-8-20-13)15(23)11-7-10(18)3-4-12(11)19/h3-4,7-9,15H,5-6H2,1-2H3,(H,20,21)(H,22,25)/t9-,15-/m1/s1. The first kappa shape index (κ1) is 18.4. The molecule has 2 amide bonds. The number of carbonyl (C=O) groups excluding carboxylic acids is 2. The van der Waals surface area contributed by atoms with E-state index in [1.165, 1.54) is 31.3 Å². The second-order valence-electron chi connectivity index (χ2n) is 5.97. The molecule has 2 atom stereocenters. The van der Waals surface area contributed by atoms with Crippen molar-refractivity contribution in [2.75, 3.05) is 13.7 Å². The number of nitrogens with one attached hydrogen (secondary N) is 2. The molecule has 0 unspecified atom stereocenters. The lowest BCUT2D eigenvalue weighted by atomic mass is 9.95. The van der Waals surface area contributed by atoms with Crippen molar-refractivity contribution in [2.24, 2.45) is 0 Å². The van der Waals surface area contributed by atoms with Gasteiger partial charge in [-0.2, -0.15) is 0 Å². The highest BCUT2D eigenvalue weighted by Gasteiger charge is 2.36. The molecule has 7 nitrogen and oxygen atoms in total. The minimum atomic E-state index is -0.818. The lowest BCUT2D eigenvalue weighted by Crippen LogP contribution is -2.50. The van der Waals surface area contributed by atoms with Crippen LogP contribution in [0.25, 0.3) is 0 Å². The molecule has 0 bridgehead atoms. The Balaban J connectivity index is 1.97. The molecule has 2 heterocycles. The van der Waals surface area contributed by atoms with Gasteiger partial charge in [-0.15, -0.1) is 0 Å². The van der Waals surface area contributed by atoms with E-state index in [0.29, 0.717) is 28.7 Å². The number of benzene rings is 1. The molecular formula is C17H18BrFN4O3. The molecule has 0 radical (unpaired) electrons. The summed E-state index contributed by atoms with van der Waals surface area (Å²) in [5, 5.41) is 2.60. The summed E-state index contributed by atoms with van der Waals surface area (Å²) in [5.74, 6) is -0.992. The predicted octanol–water partition coefficient (Wildman–Crippen LogP) is 2.53. The zero-order chi connectivity index (χ0) is 18.8. The highest BCUT2D eigenvalue weighted by atomic mass is 79.9. The summed E-state index contributed by atoms with van der Waals surface area (Å²) in [4.78, 5) is 33.2. The van der Waals surface area contributed by atoms with Crippen molar-refractivity contribution in [3.05, 3.63) is 51.8 Å². The van der Waals surface area contributed by atoms with Crippen molar-refractivity contribution >= 4 is 27.9 Å². The summed E-state index contributed by atoms with van der Waals surface area (Å²) in [5.41, 5.74) is 1.78. The summed E-state index contributed by atoms with van der Waals surface area (Å²) >= 11 is 3.34. The number of methoxy groups -OCH3 is 1. The fraction of sp³-hybridized carbons (Fsp3) is 0.353. The van der Waals surface area contributed by atoms with Crippen LogP contribution in [0, 0.1) is 5.82 Å². The zero-order valence-electron chi connectivity index (χ0n) is 14.3. The Kier molecular flexibility index (Phi) is 5.26. The number of nitrogens with zero attached hydrogens (tertiary/aromatic N) is 2. The van der Waals surface area contributed by atoms with E-state index < -0.39 is 29.9 Å². The van der Waals surface area contributed by atoms with Crippen LogP contribution in [0.4, 0.5) is 9.18 Å². The Hall–Kier alpha value is -2.42. The van der Waals surface area contributed by atoms with E-state index in [9.17, 15) is 14.0 Å². The molecule has 0 fully saturated rings. The van der Waals surface area contributed by atoms with Crippen LogP contribution in [0.15, 0.2) is 29.0 Å². The smallest absolute Gasteiger partial charge is 0.328 e. The van der Waals surface area contributed by atoms with E-state index in [-0.39, 0.29) is 0 Å². The number of hydrogen-bond acceptors (Lipinski definition) is 4. The number of imidazole rings is 1. The first-order valence-corrected chi connectivity index (χ1v) is 8.83. The maximum Gasteiger partial charge on any atom is 0.328 e. The molecule has 0 saturated carbocycles. The van der Waals surface area contributed by atoms with Crippen LogP contribution in [0.5, 0.6) is 0 Å². The number of urea groups is 1. The van der Waals surface area contributed by atoms with Gasteiger partial charge in [0, 0.05) is 28.7 Å². The van der Waals surface area contributed by atoms with E-state index in [1.807, 2.05) is 0 Å². The Morgan fingerprint density at radius 3 is 3.00 bits per heavy atom. The third kappa shape index (κ3) is 3.44. The van der Waals surface area contributed by atoms with Crippen LogP contribution in [0.2, 0.25) is 0 Å². The number of rotatable bonds is 3. The first-order chi connectivity index (χ1) is 12.4. The van der Waals surface area contributed by atoms with E-state index in [0.717, 1.165) is 5.69 Å². The van der Waals surface area contributed by atoms with Gasteiger partial charge < -0.3 is 19.9 Å². The van der Waals surface area contributed by atoms with Crippen LogP contribution in [-0.4, -0.2) is 46.6 Å². The number of aromatic nitrogens is 2. The number of ether oxygens (including phenoxy) is 1. The first-order valence-electron chi connectivity index (χ1n) is 8.04. The molecule has 2 N–H and O–H groups in total. The van der Waals surface area contributed by atoms with Crippen molar-refractivity contribution < 1.29 is 18.7 Å².